The van der Waals surface area contributed by atoms with Gasteiger partial charge in [-0.2, -0.15) is 0 Å². The fraction of sp³-hybridized carbons (Fsp3) is 0.0714. The van der Waals surface area contributed by atoms with E-state index in [4.69, 9.17) is 15.3 Å². The summed E-state index contributed by atoms with van der Waals surface area (Å²) in [7, 11) is 0. The molecule has 0 saturated carbocycles. The van der Waals surface area contributed by atoms with Crippen molar-refractivity contribution in [2.75, 3.05) is 5.73 Å². The Kier molecular flexibility index (Phi) is 3.15. The van der Waals surface area contributed by atoms with Gasteiger partial charge in [-0.05, 0) is 24.3 Å². The maximum absolute atomic E-state index is 10.8. The third kappa shape index (κ3) is 2.62. The van der Waals surface area contributed by atoms with Crippen molar-refractivity contribution < 1.29 is 14.3 Å². The van der Waals surface area contributed by atoms with E-state index in [0.717, 1.165) is 11.3 Å². The number of nitrogen functional groups attached to an aromatic ring is 1. The minimum atomic E-state index is -1.10. The quantitative estimate of drug-likeness (QED) is 0.708. The number of furan rings is 1. The van der Waals surface area contributed by atoms with E-state index < -0.39 is 5.97 Å². The van der Waals surface area contributed by atoms with E-state index in [1.165, 1.54) is 6.07 Å². The van der Waals surface area contributed by atoms with E-state index in [0.29, 0.717) is 11.4 Å². The van der Waals surface area contributed by atoms with Crippen LogP contribution in [0.4, 0.5) is 5.69 Å². The standard InChI is InChI=1S/C14H12N4O3/c15-10-3-1-2-9(6-10)12-7-16-17-18(12)8-11-4-5-13(21-11)14(19)20/h1-7H,8,15H2,(H,19,20). The van der Waals surface area contributed by atoms with Crippen molar-refractivity contribution in [2.45, 2.75) is 6.54 Å². The summed E-state index contributed by atoms with van der Waals surface area (Å²) in [4.78, 5) is 10.8. The Balaban J connectivity index is 1.90. The number of aromatic nitrogens is 3. The van der Waals surface area contributed by atoms with Crippen LogP contribution < -0.4 is 5.73 Å². The van der Waals surface area contributed by atoms with Crippen molar-refractivity contribution in [3.8, 4) is 11.3 Å². The molecule has 2 heterocycles. The minimum absolute atomic E-state index is 0.101. The normalized spacial score (nSPS) is 10.7. The molecule has 0 bridgehead atoms. The predicted molar refractivity (Wildman–Crippen MR) is 74.6 cm³/mol. The molecule has 0 radical (unpaired) electrons. The highest BCUT2D eigenvalue weighted by atomic mass is 16.4. The Bertz CT molecular complexity index is 791. The number of anilines is 1. The summed E-state index contributed by atoms with van der Waals surface area (Å²) in [5.74, 6) is -0.713. The largest absolute Gasteiger partial charge is 0.475 e. The Morgan fingerprint density at radius 1 is 1.33 bits per heavy atom. The smallest absolute Gasteiger partial charge is 0.371 e. The number of nitrogens with two attached hydrogens (primary N) is 1. The summed E-state index contributed by atoms with van der Waals surface area (Å²) in [6.45, 7) is 0.289. The lowest BCUT2D eigenvalue weighted by molar-refractivity contribution is 0.0660. The first-order chi connectivity index (χ1) is 10.1. The number of carbonyl (C=O) groups is 1. The lowest BCUT2D eigenvalue weighted by atomic mass is 10.1. The van der Waals surface area contributed by atoms with Gasteiger partial charge in [0, 0.05) is 11.3 Å². The number of nitrogens with zero attached hydrogens (tertiary/aromatic N) is 3. The molecular formula is C14H12N4O3. The SMILES string of the molecule is Nc1cccc(-c2cnnn2Cc2ccc(C(=O)O)o2)c1. The molecule has 0 fully saturated rings. The monoisotopic (exact) mass is 284 g/mol. The van der Waals surface area contributed by atoms with Crippen LogP contribution in [0.15, 0.2) is 47.0 Å². The van der Waals surface area contributed by atoms with Crippen LogP contribution in [0, 0.1) is 0 Å². The molecule has 3 rings (SSSR count). The van der Waals surface area contributed by atoms with Crippen molar-refractivity contribution in [1.82, 2.24) is 15.0 Å². The average Bonchev–Trinajstić information content (AvgIpc) is 3.08. The molecule has 106 valence electrons. The summed E-state index contributed by atoms with van der Waals surface area (Å²) in [6.07, 6.45) is 1.62. The van der Waals surface area contributed by atoms with E-state index in [2.05, 4.69) is 10.3 Å². The molecule has 0 saturated heterocycles. The van der Waals surface area contributed by atoms with Crippen molar-refractivity contribution in [3.05, 3.63) is 54.1 Å². The highest BCUT2D eigenvalue weighted by Crippen LogP contribution is 2.21. The van der Waals surface area contributed by atoms with E-state index in [1.54, 1.807) is 23.0 Å². The van der Waals surface area contributed by atoms with Crippen LogP contribution in [-0.2, 0) is 6.54 Å². The van der Waals surface area contributed by atoms with Gasteiger partial charge in [0.15, 0.2) is 0 Å². The van der Waals surface area contributed by atoms with Gasteiger partial charge in [0.2, 0.25) is 5.76 Å². The Morgan fingerprint density at radius 2 is 2.19 bits per heavy atom. The third-order valence-electron chi connectivity index (χ3n) is 2.98. The highest BCUT2D eigenvalue weighted by molar-refractivity contribution is 5.84. The lowest BCUT2D eigenvalue weighted by Crippen LogP contribution is -2.03. The number of carboxylic acids is 1. The molecule has 3 N–H and O–H groups in total. The fourth-order valence-corrected chi connectivity index (χ4v) is 2.02. The number of hydrogen-bond donors (Lipinski definition) is 2. The summed E-state index contributed by atoms with van der Waals surface area (Å²) in [6, 6.07) is 10.4. The highest BCUT2D eigenvalue weighted by Gasteiger charge is 2.12. The van der Waals surface area contributed by atoms with Gasteiger partial charge >= 0.3 is 5.97 Å². The Hall–Kier alpha value is -3.09. The first-order valence-electron chi connectivity index (χ1n) is 6.20. The number of hydrogen-bond acceptors (Lipinski definition) is 5. The molecule has 0 spiro atoms. The van der Waals surface area contributed by atoms with Crippen LogP contribution in [0.25, 0.3) is 11.3 Å². The Morgan fingerprint density at radius 3 is 2.90 bits per heavy atom. The predicted octanol–water partition coefficient (Wildman–Crippen LogP) is 1.87. The molecular weight excluding hydrogens is 272 g/mol. The Labute approximate surface area is 119 Å². The van der Waals surface area contributed by atoms with Gasteiger partial charge in [-0.15, -0.1) is 5.10 Å². The second-order valence-corrected chi connectivity index (χ2v) is 4.47. The summed E-state index contributed by atoms with van der Waals surface area (Å²) < 4.78 is 6.84. The minimum Gasteiger partial charge on any atom is -0.475 e. The number of benzene rings is 1. The van der Waals surface area contributed by atoms with Crippen molar-refractivity contribution in [3.63, 3.8) is 0 Å². The lowest BCUT2D eigenvalue weighted by Gasteiger charge is -2.05. The third-order valence-corrected chi connectivity index (χ3v) is 2.98. The number of rotatable bonds is 4. The zero-order valence-corrected chi connectivity index (χ0v) is 10.9. The molecule has 0 unspecified atom stereocenters. The van der Waals surface area contributed by atoms with Gasteiger partial charge in [0.25, 0.3) is 0 Å². The molecule has 0 aliphatic heterocycles. The van der Waals surface area contributed by atoms with E-state index in [9.17, 15) is 4.79 Å². The van der Waals surface area contributed by atoms with Gasteiger partial charge < -0.3 is 15.3 Å². The van der Waals surface area contributed by atoms with Crippen molar-refractivity contribution >= 4 is 11.7 Å². The molecule has 0 aliphatic carbocycles. The summed E-state index contributed by atoms with van der Waals surface area (Å²) >= 11 is 0. The zero-order chi connectivity index (χ0) is 14.8. The van der Waals surface area contributed by atoms with Crippen LogP contribution in [0.2, 0.25) is 0 Å². The first-order valence-corrected chi connectivity index (χ1v) is 6.20. The van der Waals surface area contributed by atoms with Crippen LogP contribution in [0.5, 0.6) is 0 Å². The van der Waals surface area contributed by atoms with Crippen molar-refractivity contribution in [1.29, 1.82) is 0 Å². The number of aromatic carboxylic acids is 1. The molecule has 3 aromatic rings. The number of carboxylic acid groups (broad SMARTS) is 1. The topological polar surface area (TPSA) is 107 Å². The average molecular weight is 284 g/mol. The van der Waals surface area contributed by atoms with Crippen LogP contribution >= 0.6 is 0 Å². The second kappa shape index (κ2) is 5.12. The van der Waals surface area contributed by atoms with Gasteiger partial charge in [-0.25, -0.2) is 9.48 Å². The van der Waals surface area contributed by atoms with Crippen LogP contribution in [0.3, 0.4) is 0 Å². The van der Waals surface area contributed by atoms with Gasteiger partial charge in [-0.1, -0.05) is 17.3 Å². The molecule has 2 aromatic heterocycles. The molecule has 0 atom stereocenters. The van der Waals surface area contributed by atoms with Gasteiger partial charge in [0.05, 0.1) is 11.9 Å². The second-order valence-electron chi connectivity index (χ2n) is 4.47. The molecule has 0 amide bonds. The van der Waals surface area contributed by atoms with E-state index >= 15 is 0 Å². The van der Waals surface area contributed by atoms with Crippen LogP contribution in [0.1, 0.15) is 16.3 Å². The van der Waals surface area contributed by atoms with Gasteiger partial charge in [0.1, 0.15) is 12.3 Å². The van der Waals surface area contributed by atoms with Crippen LogP contribution in [-0.4, -0.2) is 26.1 Å². The molecule has 21 heavy (non-hydrogen) atoms. The molecule has 7 nitrogen and oxygen atoms in total. The molecule has 7 heteroatoms. The molecule has 0 aliphatic rings. The molecule has 1 aromatic carbocycles. The summed E-state index contributed by atoms with van der Waals surface area (Å²) in [5, 5.41) is 16.7. The summed E-state index contributed by atoms with van der Waals surface area (Å²) in [5.41, 5.74) is 8.07. The maximum atomic E-state index is 10.8. The van der Waals surface area contributed by atoms with Crippen molar-refractivity contribution in [2.24, 2.45) is 0 Å². The van der Waals surface area contributed by atoms with E-state index in [-0.39, 0.29) is 12.3 Å². The fourth-order valence-electron chi connectivity index (χ4n) is 2.02. The van der Waals surface area contributed by atoms with Gasteiger partial charge in [-0.3, -0.25) is 0 Å². The first kappa shape index (κ1) is 12.9. The van der Waals surface area contributed by atoms with E-state index in [1.807, 2.05) is 18.2 Å². The zero-order valence-electron chi connectivity index (χ0n) is 10.9. The maximum Gasteiger partial charge on any atom is 0.371 e.